The number of hydrogen-bond donors (Lipinski definition) is 0. The first-order chi connectivity index (χ1) is 11.4. The molecule has 1 heterocycles. The topological polar surface area (TPSA) is 48.2 Å². The molecule has 1 aromatic heterocycles. The Balaban J connectivity index is 1.65. The van der Waals surface area contributed by atoms with Crippen LogP contribution in [0.15, 0.2) is 52.9 Å². The lowest BCUT2D eigenvalue weighted by Gasteiger charge is -2.19. The van der Waals surface area contributed by atoms with Gasteiger partial charge in [-0.1, -0.05) is 39.0 Å². The fourth-order valence-corrected chi connectivity index (χ4v) is 2.25. The smallest absolute Gasteiger partial charge is 0.254 e. The summed E-state index contributed by atoms with van der Waals surface area (Å²) in [6.45, 7) is 6.65. The Bertz CT molecular complexity index is 820. The van der Waals surface area contributed by atoms with E-state index in [0.29, 0.717) is 11.5 Å². The Morgan fingerprint density at radius 2 is 1.79 bits per heavy atom. The maximum Gasteiger partial charge on any atom is 0.254 e. The third-order valence-corrected chi connectivity index (χ3v) is 3.62. The van der Waals surface area contributed by atoms with E-state index in [-0.39, 0.29) is 23.7 Å². The van der Waals surface area contributed by atoms with Crippen LogP contribution in [0.25, 0.3) is 11.5 Å². The van der Waals surface area contributed by atoms with Crippen LogP contribution in [0.1, 0.15) is 32.2 Å². The van der Waals surface area contributed by atoms with Gasteiger partial charge in [-0.15, -0.1) is 10.2 Å². The van der Waals surface area contributed by atoms with Gasteiger partial charge in [0.05, 0.1) is 0 Å². The highest BCUT2D eigenvalue weighted by atomic mass is 19.1. The molecular formula is C19H19FN2O2. The molecule has 0 N–H and O–H groups in total. The summed E-state index contributed by atoms with van der Waals surface area (Å²) < 4.78 is 24.4. The van der Waals surface area contributed by atoms with E-state index in [1.54, 1.807) is 12.1 Å². The van der Waals surface area contributed by atoms with Crippen LogP contribution in [-0.4, -0.2) is 10.2 Å². The summed E-state index contributed by atoms with van der Waals surface area (Å²) in [7, 11) is 0. The number of aromatic nitrogens is 2. The normalized spacial score (nSPS) is 11.5. The highest BCUT2D eigenvalue weighted by Gasteiger charge is 2.13. The number of rotatable bonds is 4. The van der Waals surface area contributed by atoms with Crippen LogP contribution in [0.5, 0.6) is 5.75 Å². The highest BCUT2D eigenvalue weighted by Crippen LogP contribution is 2.25. The van der Waals surface area contributed by atoms with E-state index in [9.17, 15) is 4.39 Å². The van der Waals surface area contributed by atoms with Gasteiger partial charge in [-0.3, -0.25) is 0 Å². The molecule has 124 valence electrons. The van der Waals surface area contributed by atoms with E-state index in [1.807, 2.05) is 24.3 Å². The summed E-state index contributed by atoms with van der Waals surface area (Å²) in [6.07, 6.45) is 0. The molecule has 0 amide bonds. The van der Waals surface area contributed by atoms with Gasteiger partial charge in [0.2, 0.25) is 5.89 Å². The van der Waals surface area contributed by atoms with Gasteiger partial charge in [-0.25, -0.2) is 4.39 Å². The van der Waals surface area contributed by atoms with Crippen LogP contribution in [0.4, 0.5) is 4.39 Å². The van der Waals surface area contributed by atoms with E-state index in [2.05, 4.69) is 31.0 Å². The van der Waals surface area contributed by atoms with E-state index >= 15 is 0 Å². The van der Waals surface area contributed by atoms with E-state index in [4.69, 9.17) is 9.15 Å². The fourth-order valence-electron chi connectivity index (χ4n) is 2.25. The molecule has 0 aliphatic rings. The average molecular weight is 326 g/mol. The Morgan fingerprint density at radius 1 is 1.04 bits per heavy atom. The van der Waals surface area contributed by atoms with Gasteiger partial charge in [0.25, 0.3) is 5.89 Å². The second-order valence-corrected chi connectivity index (χ2v) is 6.57. The van der Waals surface area contributed by atoms with Crippen molar-refractivity contribution < 1.29 is 13.5 Å². The van der Waals surface area contributed by atoms with Gasteiger partial charge in [0.15, 0.2) is 6.61 Å². The molecule has 0 aliphatic heterocycles. The third kappa shape index (κ3) is 3.79. The number of hydrogen-bond acceptors (Lipinski definition) is 4. The molecule has 2 aromatic carbocycles. The molecule has 24 heavy (non-hydrogen) atoms. The molecule has 0 saturated heterocycles. The zero-order valence-electron chi connectivity index (χ0n) is 13.9. The van der Waals surface area contributed by atoms with Crippen molar-refractivity contribution in [3.05, 3.63) is 65.8 Å². The monoisotopic (exact) mass is 326 g/mol. The third-order valence-electron chi connectivity index (χ3n) is 3.62. The second kappa shape index (κ2) is 6.43. The minimum Gasteiger partial charge on any atom is -0.484 e. The lowest BCUT2D eigenvalue weighted by Crippen LogP contribution is -2.10. The summed E-state index contributed by atoms with van der Waals surface area (Å²) in [5.74, 6) is 1.00. The van der Waals surface area contributed by atoms with E-state index in [0.717, 1.165) is 5.75 Å². The average Bonchev–Trinajstić information content (AvgIpc) is 3.01. The van der Waals surface area contributed by atoms with Crippen LogP contribution in [-0.2, 0) is 12.0 Å². The van der Waals surface area contributed by atoms with Crippen molar-refractivity contribution in [2.75, 3.05) is 0 Å². The molecule has 0 fully saturated rings. The van der Waals surface area contributed by atoms with Crippen molar-refractivity contribution in [2.24, 2.45) is 0 Å². The van der Waals surface area contributed by atoms with Crippen molar-refractivity contribution in [3.8, 4) is 17.2 Å². The first-order valence-electron chi connectivity index (χ1n) is 7.73. The zero-order chi connectivity index (χ0) is 17.2. The number of halogens is 1. The second-order valence-electron chi connectivity index (χ2n) is 6.57. The molecule has 0 unspecified atom stereocenters. The fraction of sp³-hybridized carbons (Fsp3) is 0.263. The number of nitrogens with zero attached hydrogens (tertiary/aromatic N) is 2. The number of benzene rings is 2. The summed E-state index contributed by atoms with van der Waals surface area (Å²) in [4.78, 5) is 0. The summed E-state index contributed by atoms with van der Waals surface area (Å²) in [6, 6.07) is 14.0. The predicted molar refractivity (Wildman–Crippen MR) is 89.2 cm³/mol. The molecule has 4 nitrogen and oxygen atoms in total. The predicted octanol–water partition coefficient (Wildman–Crippen LogP) is 4.75. The Morgan fingerprint density at radius 3 is 2.46 bits per heavy atom. The molecule has 3 aromatic rings. The standard InChI is InChI=1S/C19H19FN2O2/c1-19(2,3)14-7-9-16(10-8-14)23-12-17-21-22-18(24-17)13-5-4-6-15(20)11-13/h4-11H,12H2,1-3H3. The van der Waals surface area contributed by atoms with Crippen LogP contribution < -0.4 is 4.74 Å². The molecule has 0 saturated carbocycles. The van der Waals surface area contributed by atoms with Gasteiger partial charge in [0.1, 0.15) is 11.6 Å². The maximum absolute atomic E-state index is 13.2. The summed E-state index contributed by atoms with van der Waals surface area (Å²) in [5, 5.41) is 7.85. The Kier molecular flexibility index (Phi) is 4.34. The Hall–Kier alpha value is -2.69. The molecule has 3 rings (SSSR count). The lowest BCUT2D eigenvalue weighted by molar-refractivity contribution is 0.264. The lowest BCUT2D eigenvalue weighted by atomic mass is 9.87. The van der Waals surface area contributed by atoms with E-state index < -0.39 is 0 Å². The Labute approximate surface area is 140 Å². The van der Waals surface area contributed by atoms with Gasteiger partial charge in [-0.2, -0.15) is 0 Å². The molecule has 0 atom stereocenters. The van der Waals surface area contributed by atoms with Gasteiger partial charge in [-0.05, 0) is 41.3 Å². The minimum absolute atomic E-state index is 0.102. The van der Waals surface area contributed by atoms with Gasteiger partial charge < -0.3 is 9.15 Å². The van der Waals surface area contributed by atoms with Crippen molar-refractivity contribution in [2.45, 2.75) is 32.8 Å². The largest absolute Gasteiger partial charge is 0.484 e. The maximum atomic E-state index is 13.2. The van der Waals surface area contributed by atoms with E-state index in [1.165, 1.54) is 17.7 Å². The van der Waals surface area contributed by atoms with Gasteiger partial charge >= 0.3 is 0 Å². The zero-order valence-corrected chi connectivity index (χ0v) is 13.9. The molecule has 5 heteroatoms. The highest BCUT2D eigenvalue weighted by molar-refractivity contribution is 5.52. The SMILES string of the molecule is CC(C)(C)c1ccc(OCc2nnc(-c3cccc(F)c3)o2)cc1. The van der Waals surface area contributed by atoms with Crippen molar-refractivity contribution in [1.29, 1.82) is 0 Å². The molecular weight excluding hydrogens is 307 g/mol. The van der Waals surface area contributed by atoms with Crippen LogP contribution in [0.2, 0.25) is 0 Å². The van der Waals surface area contributed by atoms with Crippen LogP contribution in [0.3, 0.4) is 0 Å². The van der Waals surface area contributed by atoms with Crippen molar-refractivity contribution in [3.63, 3.8) is 0 Å². The summed E-state index contributed by atoms with van der Waals surface area (Å²) in [5.41, 5.74) is 1.88. The molecule has 0 aliphatic carbocycles. The van der Waals surface area contributed by atoms with Crippen molar-refractivity contribution in [1.82, 2.24) is 10.2 Å². The first kappa shape index (κ1) is 16.2. The van der Waals surface area contributed by atoms with Crippen LogP contribution in [0, 0.1) is 5.82 Å². The van der Waals surface area contributed by atoms with Crippen molar-refractivity contribution >= 4 is 0 Å². The van der Waals surface area contributed by atoms with Crippen LogP contribution >= 0.6 is 0 Å². The molecule has 0 radical (unpaired) electrons. The molecule has 0 bridgehead atoms. The first-order valence-corrected chi connectivity index (χ1v) is 7.73. The van der Waals surface area contributed by atoms with Gasteiger partial charge in [0, 0.05) is 5.56 Å². The molecule has 0 spiro atoms. The minimum atomic E-state index is -0.345. The number of ether oxygens (including phenoxy) is 1. The summed E-state index contributed by atoms with van der Waals surface area (Å²) >= 11 is 0. The quantitative estimate of drug-likeness (QED) is 0.694.